The second kappa shape index (κ2) is 6.13. The zero-order chi connectivity index (χ0) is 19.2. The Kier molecular flexibility index (Phi) is 3.88. The van der Waals surface area contributed by atoms with Crippen LogP contribution in [0.5, 0.6) is 5.75 Å². The maximum absolute atomic E-state index is 12.7. The van der Waals surface area contributed by atoms with Crippen molar-refractivity contribution in [1.29, 1.82) is 0 Å². The predicted molar refractivity (Wildman–Crippen MR) is 98.5 cm³/mol. The molecule has 2 aromatic carbocycles. The van der Waals surface area contributed by atoms with Gasteiger partial charge in [0.15, 0.2) is 6.10 Å². The number of hydrogen-bond acceptors (Lipinski definition) is 6. The van der Waals surface area contributed by atoms with Gasteiger partial charge in [0, 0.05) is 11.5 Å². The number of carbonyl (C=O) groups excluding carboxylic acids is 1. The number of rotatable bonds is 3. The number of sulfonamides is 1. The van der Waals surface area contributed by atoms with Gasteiger partial charge >= 0.3 is 5.63 Å². The monoisotopic (exact) mass is 386 g/mol. The summed E-state index contributed by atoms with van der Waals surface area (Å²) in [6.45, 7) is 1.62. The highest BCUT2D eigenvalue weighted by molar-refractivity contribution is 7.92. The van der Waals surface area contributed by atoms with Crippen LogP contribution in [0.3, 0.4) is 0 Å². The third-order valence-corrected chi connectivity index (χ3v) is 5.44. The maximum atomic E-state index is 12.7. The summed E-state index contributed by atoms with van der Waals surface area (Å²) >= 11 is 0. The summed E-state index contributed by atoms with van der Waals surface area (Å²) in [6.07, 6.45) is -0.613. The number of ether oxygens (including phenoxy) is 1. The van der Waals surface area contributed by atoms with Crippen molar-refractivity contribution in [3.05, 3.63) is 59.0 Å². The van der Waals surface area contributed by atoms with Crippen LogP contribution in [0.15, 0.2) is 62.6 Å². The third kappa shape index (κ3) is 3.24. The van der Waals surface area contributed by atoms with Crippen LogP contribution in [0.25, 0.3) is 11.0 Å². The van der Waals surface area contributed by atoms with Gasteiger partial charge in [-0.1, -0.05) is 0 Å². The van der Waals surface area contributed by atoms with E-state index in [2.05, 4.69) is 10.0 Å². The number of hydrogen-bond donors (Lipinski definition) is 2. The third-order valence-electron chi connectivity index (χ3n) is 4.06. The summed E-state index contributed by atoms with van der Waals surface area (Å²) < 4.78 is 38.3. The molecular formula is C18H14N2O6S. The molecule has 0 fully saturated rings. The lowest BCUT2D eigenvalue weighted by Gasteiger charge is -2.23. The minimum absolute atomic E-state index is 0.00970. The van der Waals surface area contributed by atoms with Crippen LogP contribution in [-0.4, -0.2) is 20.4 Å². The van der Waals surface area contributed by atoms with E-state index in [1.165, 1.54) is 36.4 Å². The summed E-state index contributed by atoms with van der Waals surface area (Å²) in [5.74, 6) is 0.157. The van der Waals surface area contributed by atoms with Gasteiger partial charge in [0.25, 0.3) is 15.9 Å². The number of anilines is 2. The van der Waals surface area contributed by atoms with Crippen LogP contribution < -0.4 is 20.4 Å². The molecule has 0 radical (unpaired) electrons. The van der Waals surface area contributed by atoms with Crippen molar-refractivity contribution in [3.63, 3.8) is 0 Å². The SMILES string of the molecule is C[C@@H]1Oc2ccc(NS(=O)(=O)c3ccc4oc(=O)ccc4c3)cc2NC1=O. The van der Waals surface area contributed by atoms with Gasteiger partial charge in [-0.05, 0) is 49.4 Å². The molecule has 138 valence electrons. The molecule has 0 saturated heterocycles. The predicted octanol–water partition coefficient (Wildman–Crippen LogP) is 2.31. The van der Waals surface area contributed by atoms with E-state index in [1.54, 1.807) is 19.1 Å². The Morgan fingerprint density at radius 3 is 2.67 bits per heavy atom. The summed E-state index contributed by atoms with van der Waals surface area (Å²) in [4.78, 5) is 23.0. The van der Waals surface area contributed by atoms with E-state index in [0.29, 0.717) is 22.4 Å². The lowest BCUT2D eigenvalue weighted by atomic mass is 10.2. The van der Waals surface area contributed by atoms with Crippen molar-refractivity contribution >= 4 is 38.3 Å². The normalized spacial score (nSPS) is 16.3. The smallest absolute Gasteiger partial charge is 0.336 e. The molecule has 0 unspecified atom stereocenters. The van der Waals surface area contributed by atoms with Gasteiger partial charge < -0.3 is 14.5 Å². The van der Waals surface area contributed by atoms with Crippen LogP contribution in [0.4, 0.5) is 11.4 Å². The molecule has 0 saturated carbocycles. The van der Waals surface area contributed by atoms with Crippen LogP contribution in [0.2, 0.25) is 0 Å². The Morgan fingerprint density at radius 2 is 1.85 bits per heavy atom. The van der Waals surface area contributed by atoms with Crippen LogP contribution in [-0.2, 0) is 14.8 Å². The molecule has 4 rings (SSSR count). The Balaban J connectivity index is 1.66. The highest BCUT2D eigenvalue weighted by atomic mass is 32.2. The second-order valence-electron chi connectivity index (χ2n) is 6.02. The van der Waals surface area contributed by atoms with Crippen molar-refractivity contribution in [1.82, 2.24) is 0 Å². The largest absolute Gasteiger partial charge is 0.479 e. The highest BCUT2D eigenvalue weighted by Crippen LogP contribution is 2.33. The van der Waals surface area contributed by atoms with Crippen molar-refractivity contribution in [2.24, 2.45) is 0 Å². The van der Waals surface area contributed by atoms with E-state index in [0.717, 1.165) is 0 Å². The summed E-state index contributed by atoms with van der Waals surface area (Å²) in [7, 11) is -3.89. The Labute approximate surface area is 153 Å². The topological polar surface area (TPSA) is 115 Å². The molecule has 2 heterocycles. The first-order valence-corrected chi connectivity index (χ1v) is 9.48. The summed E-state index contributed by atoms with van der Waals surface area (Å²) in [5, 5.41) is 3.15. The highest BCUT2D eigenvalue weighted by Gasteiger charge is 2.24. The van der Waals surface area contributed by atoms with Gasteiger partial charge in [-0.15, -0.1) is 0 Å². The lowest BCUT2D eigenvalue weighted by Crippen LogP contribution is -2.34. The standard InChI is InChI=1S/C18H14N2O6S/c1-10-18(22)19-14-9-12(3-5-16(14)25-10)20-27(23,24)13-4-6-15-11(8-13)2-7-17(21)26-15/h2-10,20H,1H3,(H,19,22)/t10-/m0/s1. The van der Waals surface area contributed by atoms with E-state index in [4.69, 9.17) is 9.15 Å². The van der Waals surface area contributed by atoms with Crippen molar-refractivity contribution in [2.45, 2.75) is 17.9 Å². The molecule has 3 aromatic rings. The minimum atomic E-state index is -3.89. The molecule has 8 nitrogen and oxygen atoms in total. The molecule has 27 heavy (non-hydrogen) atoms. The average molecular weight is 386 g/mol. The molecular weight excluding hydrogens is 372 g/mol. The van der Waals surface area contributed by atoms with Gasteiger partial charge in [-0.3, -0.25) is 9.52 Å². The van der Waals surface area contributed by atoms with E-state index < -0.39 is 21.8 Å². The maximum Gasteiger partial charge on any atom is 0.336 e. The fourth-order valence-corrected chi connectivity index (χ4v) is 3.79. The molecule has 1 aliphatic rings. The van der Waals surface area contributed by atoms with Gasteiger partial charge in [0.2, 0.25) is 0 Å². The van der Waals surface area contributed by atoms with Crippen LogP contribution >= 0.6 is 0 Å². The molecule has 1 atom stereocenters. The van der Waals surface area contributed by atoms with Gasteiger partial charge in [0.05, 0.1) is 16.3 Å². The molecule has 9 heteroatoms. The molecule has 0 aliphatic carbocycles. The fraction of sp³-hybridized carbons (Fsp3) is 0.111. The Morgan fingerprint density at radius 1 is 1.04 bits per heavy atom. The van der Waals surface area contributed by atoms with E-state index in [-0.39, 0.29) is 16.5 Å². The van der Waals surface area contributed by atoms with Gasteiger partial charge in [0.1, 0.15) is 11.3 Å². The number of benzene rings is 2. The van der Waals surface area contributed by atoms with Crippen LogP contribution in [0, 0.1) is 0 Å². The zero-order valence-corrected chi connectivity index (χ0v) is 14.9. The summed E-state index contributed by atoms with van der Waals surface area (Å²) in [6, 6.07) is 11.5. The first-order valence-electron chi connectivity index (χ1n) is 8.00. The van der Waals surface area contributed by atoms with E-state index in [1.807, 2.05) is 0 Å². The molecule has 0 spiro atoms. The first-order chi connectivity index (χ1) is 12.8. The van der Waals surface area contributed by atoms with Crippen molar-refractivity contribution in [3.8, 4) is 5.75 Å². The Hall–Kier alpha value is -3.33. The van der Waals surface area contributed by atoms with E-state index >= 15 is 0 Å². The molecule has 1 aromatic heterocycles. The lowest BCUT2D eigenvalue weighted by molar-refractivity contribution is -0.122. The first kappa shape index (κ1) is 17.1. The number of carbonyl (C=O) groups is 1. The fourth-order valence-electron chi connectivity index (χ4n) is 2.70. The molecule has 2 N–H and O–H groups in total. The number of nitrogens with one attached hydrogen (secondary N) is 2. The van der Waals surface area contributed by atoms with Gasteiger partial charge in [-0.25, -0.2) is 13.2 Å². The summed E-state index contributed by atoms with van der Waals surface area (Å²) in [5.41, 5.74) is 0.443. The Bertz CT molecular complexity index is 1230. The van der Waals surface area contributed by atoms with Gasteiger partial charge in [-0.2, -0.15) is 0 Å². The van der Waals surface area contributed by atoms with Crippen molar-refractivity contribution < 1.29 is 22.4 Å². The minimum Gasteiger partial charge on any atom is -0.479 e. The average Bonchev–Trinajstić information content (AvgIpc) is 2.62. The van der Waals surface area contributed by atoms with Crippen molar-refractivity contribution in [2.75, 3.05) is 10.0 Å². The molecule has 1 aliphatic heterocycles. The second-order valence-corrected chi connectivity index (χ2v) is 7.70. The molecule has 1 amide bonds. The quantitative estimate of drug-likeness (QED) is 0.668. The molecule has 0 bridgehead atoms. The number of fused-ring (bicyclic) bond motifs is 2. The zero-order valence-electron chi connectivity index (χ0n) is 14.1. The van der Waals surface area contributed by atoms with E-state index in [9.17, 15) is 18.0 Å². The van der Waals surface area contributed by atoms with Crippen LogP contribution in [0.1, 0.15) is 6.92 Å². The number of amides is 1.